The monoisotopic (exact) mass is 417 g/mol. The Balaban J connectivity index is 1.44. The number of nitrogens with one attached hydrogen (secondary N) is 2. The van der Waals surface area contributed by atoms with Crippen LogP contribution in [0.3, 0.4) is 0 Å². The van der Waals surface area contributed by atoms with Crippen molar-refractivity contribution >= 4 is 22.6 Å². The molecule has 0 aliphatic carbocycles. The zero-order valence-electron chi connectivity index (χ0n) is 16.8. The Labute approximate surface area is 174 Å². The zero-order chi connectivity index (χ0) is 20.2. The summed E-state index contributed by atoms with van der Waals surface area (Å²) in [5.41, 5.74) is 1.87. The lowest BCUT2D eigenvalue weighted by Crippen LogP contribution is -2.52. The van der Waals surface area contributed by atoms with Crippen LogP contribution in [0.5, 0.6) is 5.75 Å². The van der Waals surface area contributed by atoms with Crippen LogP contribution >= 0.6 is 11.5 Å². The minimum absolute atomic E-state index is 0.0128. The summed E-state index contributed by atoms with van der Waals surface area (Å²) in [6.45, 7) is 6.45. The van der Waals surface area contributed by atoms with Gasteiger partial charge in [-0.3, -0.25) is 10.3 Å². The first-order chi connectivity index (χ1) is 14.1. The molecular formula is C20H27N5O3S. The number of carbonyl (C=O) groups excluding carboxylic acids is 1. The quantitative estimate of drug-likeness (QED) is 0.751. The van der Waals surface area contributed by atoms with Crippen LogP contribution < -0.4 is 15.4 Å². The van der Waals surface area contributed by atoms with Crippen LogP contribution in [0.15, 0.2) is 24.4 Å². The number of methoxy groups -OCH3 is 1. The Morgan fingerprint density at radius 2 is 2.28 bits per heavy atom. The zero-order valence-corrected chi connectivity index (χ0v) is 17.6. The van der Waals surface area contributed by atoms with Gasteiger partial charge in [0.2, 0.25) is 0 Å². The molecule has 0 bridgehead atoms. The average molecular weight is 418 g/mol. The Bertz CT molecular complexity index is 824. The molecule has 0 radical (unpaired) electrons. The first-order valence-corrected chi connectivity index (χ1v) is 10.7. The molecule has 2 atom stereocenters. The minimum atomic E-state index is -0.196. The highest BCUT2D eigenvalue weighted by Crippen LogP contribution is 2.28. The average Bonchev–Trinajstić information content (AvgIpc) is 3.10. The number of rotatable bonds is 6. The van der Waals surface area contributed by atoms with E-state index in [-0.39, 0.29) is 18.0 Å². The number of hydrogen-bond acceptors (Lipinski definition) is 7. The van der Waals surface area contributed by atoms with Gasteiger partial charge in [0, 0.05) is 43.2 Å². The first-order valence-electron chi connectivity index (χ1n) is 9.91. The topological polar surface area (TPSA) is 88.6 Å². The molecule has 0 saturated carbocycles. The summed E-state index contributed by atoms with van der Waals surface area (Å²) in [5.74, 6) is 1.46. The van der Waals surface area contributed by atoms with E-state index in [1.54, 1.807) is 13.3 Å². The lowest BCUT2D eigenvalue weighted by Gasteiger charge is -2.41. The molecule has 2 N–H and O–H groups in total. The Hall–Kier alpha value is -2.23. The number of pyridine rings is 1. The molecule has 2 aliphatic heterocycles. The summed E-state index contributed by atoms with van der Waals surface area (Å²) in [6.07, 6.45) is 2.62. The molecule has 2 amide bonds. The lowest BCUT2D eigenvalue weighted by molar-refractivity contribution is -0.0499. The van der Waals surface area contributed by atoms with Gasteiger partial charge in [-0.05, 0) is 43.1 Å². The standard InChI is InChI=1S/C20H27N5O3S/c1-13-7-19(29-24-13)23-20(26)22-18-5-6-25(9-14-11-28-12-14)10-16(18)17-4-3-15(27-2)8-21-17/h3-4,7-8,14,16,18H,5-6,9-12H2,1-2H3,(H2,22,23,26). The number of nitrogens with zero attached hydrogens (tertiary/aromatic N) is 3. The summed E-state index contributed by atoms with van der Waals surface area (Å²) in [5, 5.41) is 6.81. The van der Waals surface area contributed by atoms with E-state index in [4.69, 9.17) is 9.47 Å². The van der Waals surface area contributed by atoms with Crippen LogP contribution in [0.1, 0.15) is 23.7 Å². The van der Waals surface area contributed by atoms with Crippen LogP contribution in [0.25, 0.3) is 0 Å². The predicted molar refractivity (Wildman–Crippen MR) is 112 cm³/mol. The number of aryl methyl sites for hydroxylation is 1. The van der Waals surface area contributed by atoms with Crippen LogP contribution in [-0.4, -0.2) is 66.3 Å². The molecule has 2 unspecified atom stereocenters. The van der Waals surface area contributed by atoms with Crippen LogP contribution in [0, 0.1) is 12.8 Å². The number of urea groups is 1. The van der Waals surface area contributed by atoms with Gasteiger partial charge in [0.15, 0.2) is 0 Å². The molecule has 9 heteroatoms. The number of piperidine rings is 1. The highest BCUT2D eigenvalue weighted by molar-refractivity contribution is 7.10. The summed E-state index contributed by atoms with van der Waals surface area (Å²) in [7, 11) is 1.63. The number of hydrogen-bond donors (Lipinski definition) is 2. The van der Waals surface area contributed by atoms with E-state index >= 15 is 0 Å². The van der Waals surface area contributed by atoms with Crippen LogP contribution in [-0.2, 0) is 4.74 Å². The van der Waals surface area contributed by atoms with Crippen molar-refractivity contribution in [2.24, 2.45) is 5.92 Å². The summed E-state index contributed by atoms with van der Waals surface area (Å²) < 4.78 is 14.8. The van der Waals surface area contributed by atoms with Crippen molar-refractivity contribution in [3.63, 3.8) is 0 Å². The molecule has 2 saturated heterocycles. The molecule has 2 aromatic heterocycles. The molecule has 2 aromatic rings. The van der Waals surface area contributed by atoms with Crippen molar-refractivity contribution in [1.82, 2.24) is 19.6 Å². The van der Waals surface area contributed by atoms with Crippen molar-refractivity contribution in [1.29, 1.82) is 0 Å². The third-order valence-corrected chi connectivity index (χ3v) is 6.27. The molecule has 2 aliphatic rings. The van der Waals surface area contributed by atoms with E-state index < -0.39 is 0 Å². The highest BCUT2D eigenvalue weighted by Gasteiger charge is 2.34. The highest BCUT2D eigenvalue weighted by atomic mass is 32.1. The van der Waals surface area contributed by atoms with Gasteiger partial charge >= 0.3 is 6.03 Å². The minimum Gasteiger partial charge on any atom is -0.495 e. The fourth-order valence-corrected chi connectivity index (χ4v) is 4.54. The van der Waals surface area contributed by atoms with Gasteiger partial charge in [0.1, 0.15) is 10.8 Å². The maximum atomic E-state index is 12.6. The fourth-order valence-electron chi connectivity index (χ4n) is 3.88. The van der Waals surface area contributed by atoms with E-state index in [0.717, 1.165) is 61.4 Å². The maximum Gasteiger partial charge on any atom is 0.320 e. The van der Waals surface area contributed by atoms with Gasteiger partial charge in [-0.1, -0.05) is 0 Å². The van der Waals surface area contributed by atoms with Gasteiger partial charge < -0.3 is 19.7 Å². The Morgan fingerprint density at radius 1 is 1.41 bits per heavy atom. The van der Waals surface area contributed by atoms with Crippen molar-refractivity contribution in [3.05, 3.63) is 35.8 Å². The maximum absolute atomic E-state index is 12.6. The summed E-state index contributed by atoms with van der Waals surface area (Å²) in [4.78, 5) is 19.6. The summed E-state index contributed by atoms with van der Waals surface area (Å²) in [6, 6.07) is 5.62. The second-order valence-corrected chi connectivity index (χ2v) is 8.52. The molecule has 8 nitrogen and oxygen atoms in total. The second-order valence-electron chi connectivity index (χ2n) is 7.72. The molecule has 29 heavy (non-hydrogen) atoms. The van der Waals surface area contributed by atoms with Gasteiger partial charge in [-0.2, -0.15) is 4.37 Å². The SMILES string of the molecule is COc1ccc(C2CN(CC3COC3)CCC2NC(=O)Nc2cc(C)ns2)nc1. The molecule has 0 aromatic carbocycles. The largest absolute Gasteiger partial charge is 0.495 e. The molecule has 0 spiro atoms. The van der Waals surface area contributed by atoms with E-state index in [9.17, 15) is 4.79 Å². The number of aromatic nitrogens is 2. The number of amides is 2. The predicted octanol–water partition coefficient (Wildman–Crippen LogP) is 2.48. The number of ether oxygens (including phenoxy) is 2. The molecular weight excluding hydrogens is 390 g/mol. The van der Waals surface area contributed by atoms with Gasteiger partial charge in [-0.15, -0.1) is 0 Å². The van der Waals surface area contributed by atoms with E-state index in [1.807, 2.05) is 25.1 Å². The van der Waals surface area contributed by atoms with Crippen molar-refractivity contribution in [2.45, 2.75) is 25.3 Å². The number of anilines is 1. The number of carbonyl (C=O) groups is 1. The van der Waals surface area contributed by atoms with Gasteiger partial charge in [0.05, 0.1) is 32.2 Å². The Kier molecular flexibility index (Phi) is 6.27. The smallest absolute Gasteiger partial charge is 0.320 e. The summed E-state index contributed by atoms with van der Waals surface area (Å²) >= 11 is 1.29. The van der Waals surface area contributed by atoms with Crippen LogP contribution in [0.4, 0.5) is 9.80 Å². The van der Waals surface area contributed by atoms with Crippen molar-refractivity contribution in [3.8, 4) is 5.75 Å². The van der Waals surface area contributed by atoms with Crippen molar-refractivity contribution < 1.29 is 14.3 Å². The number of likely N-dealkylation sites (tertiary alicyclic amines) is 1. The second kappa shape index (κ2) is 9.06. The van der Waals surface area contributed by atoms with E-state index in [0.29, 0.717) is 5.92 Å². The van der Waals surface area contributed by atoms with Gasteiger partial charge in [-0.25, -0.2) is 4.79 Å². The third-order valence-electron chi connectivity index (χ3n) is 5.48. The first kappa shape index (κ1) is 20.1. The molecule has 2 fully saturated rings. The van der Waals surface area contributed by atoms with Crippen molar-refractivity contribution in [2.75, 3.05) is 45.3 Å². The normalized spacial score (nSPS) is 22.7. The molecule has 4 heterocycles. The third kappa shape index (κ3) is 5.04. The van der Waals surface area contributed by atoms with E-state index in [1.165, 1.54) is 11.5 Å². The Morgan fingerprint density at radius 3 is 2.90 bits per heavy atom. The lowest BCUT2D eigenvalue weighted by atomic mass is 9.88. The van der Waals surface area contributed by atoms with Gasteiger partial charge in [0.25, 0.3) is 0 Å². The van der Waals surface area contributed by atoms with E-state index in [2.05, 4.69) is 24.9 Å². The fraction of sp³-hybridized carbons (Fsp3) is 0.550. The van der Waals surface area contributed by atoms with Crippen LogP contribution in [0.2, 0.25) is 0 Å². The molecule has 4 rings (SSSR count). The molecule has 156 valence electrons.